The molecule has 1 amide bonds. The van der Waals surface area contributed by atoms with Crippen LogP contribution in [0.25, 0.3) is 21.5 Å². The van der Waals surface area contributed by atoms with Crippen LogP contribution in [-0.2, 0) is 17.3 Å². The van der Waals surface area contributed by atoms with Gasteiger partial charge in [0.2, 0.25) is 5.91 Å². The number of hydrogen-bond donors (Lipinski definition) is 0. The molecule has 8 heteroatoms. The highest BCUT2D eigenvalue weighted by atomic mass is 32.1. The summed E-state index contributed by atoms with van der Waals surface area (Å²) in [5.74, 6) is 1.46. The lowest BCUT2D eigenvalue weighted by Crippen LogP contribution is -2.71. The van der Waals surface area contributed by atoms with Crippen molar-refractivity contribution in [3.63, 3.8) is 0 Å². The number of benzene rings is 1. The van der Waals surface area contributed by atoms with E-state index in [1.165, 1.54) is 42.1 Å². The number of rotatable bonds is 8. The highest BCUT2D eigenvalue weighted by Gasteiger charge is 2.73. The van der Waals surface area contributed by atoms with Crippen LogP contribution in [0.5, 0.6) is 0 Å². The summed E-state index contributed by atoms with van der Waals surface area (Å²) in [6.45, 7) is 0.721. The average Bonchev–Trinajstić information content (AvgIpc) is 3.97. The molecule has 0 radical (unpaired) electrons. The topological polar surface area (TPSA) is 63.9 Å². The summed E-state index contributed by atoms with van der Waals surface area (Å²) in [4.78, 5) is 26.0. The predicted octanol–water partition coefficient (Wildman–Crippen LogP) is 8.36. The number of halogens is 1. The molecule has 8 saturated carbocycles. The zero-order valence-electron chi connectivity index (χ0n) is 26.0. The standard InChI is InChI=1S/C37H40FN5OS/c1-42-28(23-5-6-23)17-30(41-42)35-12-9-34(10-13-35,11-14-35)22-43(33(44)36-19-37(38,20-36)21-36)27-4-2-3-25(15-27)26-16-29-31(39-18-26)40-32(45-29)24-7-8-24/h2-4,15-18,23-24H,5-14,19-22H2,1H3. The van der Waals surface area contributed by atoms with Crippen molar-refractivity contribution in [1.82, 2.24) is 19.7 Å². The van der Waals surface area contributed by atoms with Crippen LogP contribution >= 0.6 is 11.3 Å². The summed E-state index contributed by atoms with van der Waals surface area (Å²) in [6.07, 6.45) is 14.9. The van der Waals surface area contributed by atoms with Gasteiger partial charge in [0.1, 0.15) is 5.67 Å². The molecule has 232 valence electrons. The first-order chi connectivity index (χ1) is 21.7. The monoisotopic (exact) mass is 621 g/mol. The van der Waals surface area contributed by atoms with E-state index in [4.69, 9.17) is 15.1 Å². The SMILES string of the molecule is Cn1nc(C23CCC(CN(C(=O)C45CC(F)(C4)C5)c4cccc(-c5cnc6nc(C7CC7)sc6c5)c4)(CC2)CC3)cc1C1CC1. The maximum Gasteiger partial charge on any atom is 0.233 e. The summed E-state index contributed by atoms with van der Waals surface area (Å²) < 4.78 is 18.0. The van der Waals surface area contributed by atoms with Gasteiger partial charge in [-0.25, -0.2) is 14.4 Å². The number of carbonyl (C=O) groups excluding carboxylic acids is 1. The molecular formula is C37H40FN5OS. The van der Waals surface area contributed by atoms with Crippen molar-refractivity contribution in [3.8, 4) is 11.1 Å². The molecule has 8 fully saturated rings. The van der Waals surface area contributed by atoms with Gasteiger partial charge in [-0.05, 0) is 119 Å². The lowest BCUT2D eigenvalue weighted by atomic mass is 9.41. The molecule has 3 heterocycles. The van der Waals surface area contributed by atoms with Crippen LogP contribution in [0.15, 0.2) is 42.6 Å². The highest BCUT2D eigenvalue weighted by Crippen LogP contribution is 2.70. The fourth-order valence-corrected chi connectivity index (χ4v) is 10.7. The third-order valence-electron chi connectivity index (χ3n) is 12.7. The normalized spacial score (nSPS) is 33.2. The number of amides is 1. The maximum absolute atomic E-state index is 14.7. The fourth-order valence-electron chi connectivity index (χ4n) is 9.53. The molecule has 45 heavy (non-hydrogen) atoms. The second-order valence-electron chi connectivity index (χ2n) is 15.9. The van der Waals surface area contributed by atoms with Gasteiger partial charge < -0.3 is 4.90 Å². The van der Waals surface area contributed by atoms with Crippen molar-refractivity contribution in [2.45, 2.75) is 106 Å². The Morgan fingerprint density at radius 2 is 1.71 bits per heavy atom. The summed E-state index contributed by atoms with van der Waals surface area (Å²) in [5, 5.41) is 6.27. The lowest BCUT2D eigenvalue weighted by molar-refractivity contribution is -0.211. The number of alkyl halides is 1. The van der Waals surface area contributed by atoms with Crippen LogP contribution in [0.1, 0.15) is 112 Å². The van der Waals surface area contributed by atoms with Crippen LogP contribution < -0.4 is 4.90 Å². The Bertz CT molecular complexity index is 1840. The Labute approximate surface area is 267 Å². The molecule has 0 atom stereocenters. The Kier molecular flexibility index (Phi) is 5.42. The zero-order chi connectivity index (χ0) is 30.2. The molecule has 0 aliphatic heterocycles. The van der Waals surface area contributed by atoms with Gasteiger partial charge in [-0.3, -0.25) is 9.48 Å². The average molecular weight is 622 g/mol. The van der Waals surface area contributed by atoms with Crippen LogP contribution in [0.2, 0.25) is 0 Å². The van der Waals surface area contributed by atoms with E-state index in [9.17, 15) is 9.18 Å². The lowest BCUT2D eigenvalue weighted by Gasteiger charge is -2.65. The molecule has 6 nitrogen and oxygen atoms in total. The van der Waals surface area contributed by atoms with Gasteiger partial charge in [-0.15, -0.1) is 11.3 Å². The van der Waals surface area contributed by atoms with Gasteiger partial charge in [-0.2, -0.15) is 5.10 Å². The minimum Gasteiger partial charge on any atom is -0.311 e. The van der Waals surface area contributed by atoms with E-state index in [0.29, 0.717) is 31.1 Å². The number of anilines is 1. The van der Waals surface area contributed by atoms with Crippen molar-refractivity contribution in [2.75, 3.05) is 11.4 Å². The largest absolute Gasteiger partial charge is 0.311 e. The molecule has 0 unspecified atom stereocenters. The number of fused-ring (bicyclic) bond motifs is 4. The van der Waals surface area contributed by atoms with E-state index < -0.39 is 11.1 Å². The van der Waals surface area contributed by atoms with Gasteiger partial charge in [-0.1, -0.05) is 12.1 Å². The molecule has 4 bridgehead atoms. The van der Waals surface area contributed by atoms with Crippen molar-refractivity contribution >= 4 is 33.3 Å². The molecule has 3 aromatic heterocycles. The van der Waals surface area contributed by atoms with E-state index in [2.05, 4.69) is 53.0 Å². The third-order valence-corrected chi connectivity index (χ3v) is 13.8. The first-order valence-corrected chi connectivity index (χ1v) is 18.0. The molecule has 0 saturated heterocycles. The van der Waals surface area contributed by atoms with Crippen molar-refractivity contribution in [2.24, 2.45) is 17.9 Å². The Morgan fingerprint density at radius 1 is 0.978 bits per heavy atom. The van der Waals surface area contributed by atoms with Gasteiger partial charge >= 0.3 is 0 Å². The third kappa shape index (κ3) is 4.16. The van der Waals surface area contributed by atoms with Gasteiger partial charge in [0.05, 0.1) is 20.8 Å². The van der Waals surface area contributed by atoms with Crippen LogP contribution in [0, 0.1) is 10.8 Å². The number of nitrogens with zero attached hydrogens (tertiary/aromatic N) is 5. The fraction of sp³-hybridized carbons (Fsp3) is 0.568. The molecule has 12 rings (SSSR count). The molecule has 8 aliphatic carbocycles. The first-order valence-electron chi connectivity index (χ1n) is 17.2. The van der Waals surface area contributed by atoms with Gasteiger partial charge in [0, 0.05) is 54.0 Å². The Hall–Kier alpha value is -3.13. The molecule has 8 aliphatic rings. The van der Waals surface area contributed by atoms with Crippen LogP contribution in [0.3, 0.4) is 0 Å². The quantitative estimate of drug-likeness (QED) is 0.198. The number of aryl methyl sites for hydroxylation is 1. The number of carbonyl (C=O) groups is 1. The molecular weight excluding hydrogens is 582 g/mol. The van der Waals surface area contributed by atoms with Crippen molar-refractivity contribution in [3.05, 3.63) is 59.0 Å². The number of pyridine rings is 1. The second kappa shape index (κ2) is 9.02. The maximum atomic E-state index is 14.7. The number of thiazole rings is 1. The second-order valence-corrected chi connectivity index (χ2v) is 17.0. The minimum absolute atomic E-state index is 0.0980. The van der Waals surface area contributed by atoms with E-state index in [0.717, 1.165) is 72.2 Å². The smallest absolute Gasteiger partial charge is 0.233 e. The molecule has 0 N–H and O–H groups in total. The zero-order valence-corrected chi connectivity index (χ0v) is 26.8. The van der Waals surface area contributed by atoms with Crippen molar-refractivity contribution in [1.29, 1.82) is 0 Å². The van der Waals surface area contributed by atoms with E-state index in [1.54, 1.807) is 11.3 Å². The number of aromatic nitrogens is 4. The summed E-state index contributed by atoms with van der Waals surface area (Å²) in [7, 11) is 2.12. The Morgan fingerprint density at radius 3 is 2.40 bits per heavy atom. The summed E-state index contributed by atoms with van der Waals surface area (Å²) in [6, 6.07) is 13.1. The number of hydrogen-bond acceptors (Lipinski definition) is 5. The molecule has 1 aromatic carbocycles. The van der Waals surface area contributed by atoms with E-state index >= 15 is 0 Å². The molecule has 0 spiro atoms. The van der Waals surface area contributed by atoms with Crippen LogP contribution in [0.4, 0.5) is 10.1 Å². The summed E-state index contributed by atoms with van der Waals surface area (Å²) >= 11 is 1.77. The first kappa shape index (κ1) is 27.0. The van der Waals surface area contributed by atoms with E-state index in [-0.39, 0.29) is 16.7 Å². The van der Waals surface area contributed by atoms with Gasteiger partial charge in [0.25, 0.3) is 0 Å². The minimum atomic E-state index is -1.10. The van der Waals surface area contributed by atoms with E-state index in [1.807, 2.05) is 6.20 Å². The van der Waals surface area contributed by atoms with Gasteiger partial charge in [0.15, 0.2) is 5.65 Å². The van der Waals surface area contributed by atoms with Crippen molar-refractivity contribution < 1.29 is 9.18 Å². The molecule has 4 aromatic rings. The highest BCUT2D eigenvalue weighted by molar-refractivity contribution is 7.18. The Balaban J connectivity index is 0.948. The van der Waals surface area contributed by atoms with Crippen LogP contribution in [-0.4, -0.2) is 37.9 Å². The predicted molar refractivity (Wildman–Crippen MR) is 174 cm³/mol. The summed E-state index contributed by atoms with van der Waals surface area (Å²) in [5.41, 5.74) is 5.27.